The fraction of sp³-hybridized carbons (Fsp3) is 0.0714. The summed E-state index contributed by atoms with van der Waals surface area (Å²) in [7, 11) is 1.34. The largest absolute Gasteiger partial charge is 0.496 e. The van der Waals surface area contributed by atoms with Crippen molar-refractivity contribution in [3.63, 3.8) is 0 Å². The summed E-state index contributed by atoms with van der Waals surface area (Å²) >= 11 is 0. The molecule has 0 bridgehead atoms. The van der Waals surface area contributed by atoms with Gasteiger partial charge in [-0.05, 0) is 18.2 Å². The van der Waals surface area contributed by atoms with Gasteiger partial charge in [-0.15, -0.1) is 0 Å². The van der Waals surface area contributed by atoms with Gasteiger partial charge in [-0.3, -0.25) is 9.59 Å². The third-order valence-corrected chi connectivity index (χ3v) is 2.70. The van der Waals surface area contributed by atoms with Crippen LogP contribution in [0.2, 0.25) is 0 Å². The van der Waals surface area contributed by atoms with Crippen LogP contribution in [0.15, 0.2) is 41.2 Å². The van der Waals surface area contributed by atoms with Crippen molar-refractivity contribution in [2.24, 2.45) is 0 Å². The lowest BCUT2D eigenvalue weighted by molar-refractivity contribution is 0.0693. The molecule has 0 saturated heterocycles. The number of aromatic carboxylic acids is 1. The van der Waals surface area contributed by atoms with Crippen LogP contribution in [-0.4, -0.2) is 29.1 Å². The van der Waals surface area contributed by atoms with Crippen molar-refractivity contribution in [1.82, 2.24) is 4.98 Å². The van der Waals surface area contributed by atoms with Crippen molar-refractivity contribution in [1.29, 1.82) is 0 Å². The standard InChI is InChI=1S/C14H12N2O5/c1-21-11-7-8(5-6-9(11)14(19)20)15-13(18)10-3-2-4-12(17)16-10/h2-7H,1H3,(H,15,18)(H,16,17)(H,19,20). The van der Waals surface area contributed by atoms with Gasteiger partial charge in [0.25, 0.3) is 5.91 Å². The highest BCUT2D eigenvalue weighted by atomic mass is 16.5. The molecule has 0 fully saturated rings. The normalized spacial score (nSPS) is 9.95. The number of aromatic amines is 1. The van der Waals surface area contributed by atoms with Crippen LogP contribution in [0.1, 0.15) is 20.8 Å². The Morgan fingerprint density at radius 1 is 1.24 bits per heavy atom. The summed E-state index contributed by atoms with van der Waals surface area (Å²) in [5, 5.41) is 11.5. The molecule has 0 saturated carbocycles. The van der Waals surface area contributed by atoms with E-state index in [2.05, 4.69) is 10.3 Å². The number of ether oxygens (including phenoxy) is 1. The molecular weight excluding hydrogens is 276 g/mol. The molecule has 2 rings (SSSR count). The van der Waals surface area contributed by atoms with E-state index < -0.39 is 11.9 Å². The molecule has 7 nitrogen and oxygen atoms in total. The summed E-state index contributed by atoms with van der Waals surface area (Å²) in [6, 6.07) is 8.36. The molecule has 0 aliphatic rings. The second-order valence-electron chi connectivity index (χ2n) is 4.10. The smallest absolute Gasteiger partial charge is 0.339 e. The lowest BCUT2D eigenvalue weighted by Gasteiger charge is -2.09. The number of anilines is 1. The Hall–Kier alpha value is -3.09. The van der Waals surface area contributed by atoms with Gasteiger partial charge in [-0.25, -0.2) is 4.79 Å². The van der Waals surface area contributed by atoms with E-state index in [0.29, 0.717) is 5.69 Å². The summed E-state index contributed by atoms with van der Waals surface area (Å²) < 4.78 is 4.96. The van der Waals surface area contributed by atoms with Crippen molar-refractivity contribution in [3.8, 4) is 5.75 Å². The van der Waals surface area contributed by atoms with Crippen molar-refractivity contribution in [2.75, 3.05) is 12.4 Å². The van der Waals surface area contributed by atoms with Gasteiger partial charge in [0.15, 0.2) is 0 Å². The number of nitrogens with one attached hydrogen (secondary N) is 2. The second kappa shape index (κ2) is 5.91. The molecule has 0 aliphatic carbocycles. The zero-order chi connectivity index (χ0) is 15.4. The number of aromatic nitrogens is 1. The van der Waals surface area contributed by atoms with E-state index in [1.54, 1.807) is 0 Å². The molecule has 1 heterocycles. The second-order valence-corrected chi connectivity index (χ2v) is 4.10. The van der Waals surface area contributed by atoms with E-state index >= 15 is 0 Å². The Morgan fingerprint density at radius 3 is 2.62 bits per heavy atom. The number of pyridine rings is 1. The minimum absolute atomic E-state index is 0.0105. The molecule has 0 aliphatic heterocycles. The van der Waals surface area contributed by atoms with Crippen molar-refractivity contribution < 1.29 is 19.4 Å². The number of carboxylic acids is 1. The van der Waals surface area contributed by atoms with Gasteiger partial charge in [0, 0.05) is 17.8 Å². The first-order chi connectivity index (χ1) is 10.0. The summed E-state index contributed by atoms with van der Waals surface area (Å²) in [4.78, 5) is 36.5. The van der Waals surface area contributed by atoms with Crippen LogP contribution in [0.25, 0.3) is 0 Å². The predicted octanol–water partition coefficient (Wildman–Crippen LogP) is 1.33. The van der Waals surface area contributed by atoms with Gasteiger partial charge in [0.05, 0.1) is 7.11 Å². The first kappa shape index (κ1) is 14.3. The van der Waals surface area contributed by atoms with E-state index in [4.69, 9.17) is 9.84 Å². The zero-order valence-electron chi connectivity index (χ0n) is 11.0. The maximum Gasteiger partial charge on any atom is 0.339 e. The number of rotatable bonds is 4. The average Bonchev–Trinajstić information content (AvgIpc) is 2.46. The monoisotopic (exact) mass is 288 g/mol. The summed E-state index contributed by atoms with van der Waals surface area (Å²) in [5.41, 5.74) is 0.0559. The number of hydrogen-bond donors (Lipinski definition) is 3. The lowest BCUT2D eigenvalue weighted by atomic mass is 10.2. The Bertz CT molecular complexity index is 751. The summed E-state index contributed by atoms with van der Waals surface area (Å²) in [5.74, 6) is -1.52. The average molecular weight is 288 g/mol. The number of carboxylic acid groups (broad SMARTS) is 1. The molecule has 108 valence electrons. The first-order valence-electron chi connectivity index (χ1n) is 5.93. The minimum Gasteiger partial charge on any atom is -0.496 e. The summed E-state index contributed by atoms with van der Waals surface area (Å²) in [6.45, 7) is 0. The van der Waals surface area contributed by atoms with E-state index in [0.717, 1.165) is 0 Å². The molecule has 0 radical (unpaired) electrons. The van der Waals surface area contributed by atoms with E-state index in [9.17, 15) is 14.4 Å². The number of hydrogen-bond acceptors (Lipinski definition) is 4. The molecule has 7 heteroatoms. The van der Waals surface area contributed by atoms with Crippen LogP contribution in [0.3, 0.4) is 0 Å². The SMILES string of the molecule is COc1cc(NC(=O)c2cccc(=O)[nH]2)ccc1C(=O)O. The third-order valence-electron chi connectivity index (χ3n) is 2.70. The highest BCUT2D eigenvalue weighted by molar-refractivity contribution is 6.03. The van der Waals surface area contributed by atoms with Gasteiger partial charge in [-0.1, -0.05) is 6.07 Å². The Morgan fingerprint density at radius 2 is 2.00 bits per heavy atom. The Kier molecular flexibility index (Phi) is 4.03. The topological polar surface area (TPSA) is 108 Å². The van der Waals surface area contributed by atoms with Crippen molar-refractivity contribution in [3.05, 3.63) is 58.0 Å². The van der Waals surface area contributed by atoms with E-state index in [-0.39, 0.29) is 22.6 Å². The number of carbonyl (C=O) groups excluding carboxylic acids is 1. The molecule has 0 unspecified atom stereocenters. The van der Waals surface area contributed by atoms with Gasteiger partial charge in [-0.2, -0.15) is 0 Å². The summed E-state index contributed by atoms with van der Waals surface area (Å²) in [6.07, 6.45) is 0. The molecule has 21 heavy (non-hydrogen) atoms. The molecule has 1 amide bonds. The first-order valence-corrected chi connectivity index (χ1v) is 5.93. The van der Waals surface area contributed by atoms with Crippen molar-refractivity contribution >= 4 is 17.6 Å². The number of amides is 1. The van der Waals surface area contributed by atoms with E-state index in [1.807, 2.05) is 0 Å². The van der Waals surface area contributed by atoms with Crippen LogP contribution in [0.5, 0.6) is 5.75 Å². The number of carbonyl (C=O) groups is 2. The highest BCUT2D eigenvalue weighted by Crippen LogP contribution is 2.23. The molecule has 0 atom stereocenters. The molecule has 0 spiro atoms. The van der Waals surface area contributed by atoms with Crippen LogP contribution < -0.4 is 15.6 Å². The van der Waals surface area contributed by atoms with Gasteiger partial charge in [0.1, 0.15) is 17.0 Å². The lowest BCUT2D eigenvalue weighted by Crippen LogP contribution is -2.18. The molecule has 3 N–H and O–H groups in total. The fourth-order valence-electron chi connectivity index (χ4n) is 1.72. The van der Waals surface area contributed by atoms with Gasteiger partial charge in [0.2, 0.25) is 5.56 Å². The number of benzene rings is 1. The number of H-pyrrole nitrogens is 1. The zero-order valence-corrected chi connectivity index (χ0v) is 11.0. The van der Waals surface area contributed by atoms with Crippen LogP contribution in [-0.2, 0) is 0 Å². The van der Waals surface area contributed by atoms with Crippen molar-refractivity contribution in [2.45, 2.75) is 0 Å². The van der Waals surface area contributed by atoms with E-state index in [1.165, 1.54) is 43.5 Å². The highest BCUT2D eigenvalue weighted by Gasteiger charge is 2.13. The van der Waals surface area contributed by atoms with Gasteiger partial charge >= 0.3 is 5.97 Å². The molecule has 1 aromatic carbocycles. The number of methoxy groups -OCH3 is 1. The predicted molar refractivity (Wildman–Crippen MR) is 75.0 cm³/mol. The molecule has 1 aromatic heterocycles. The van der Waals surface area contributed by atoms with Crippen LogP contribution >= 0.6 is 0 Å². The molecular formula is C14H12N2O5. The minimum atomic E-state index is -1.13. The maximum absolute atomic E-state index is 11.9. The van der Waals surface area contributed by atoms with Crippen LogP contribution in [0.4, 0.5) is 5.69 Å². The van der Waals surface area contributed by atoms with Gasteiger partial charge < -0.3 is 20.1 Å². The van der Waals surface area contributed by atoms with Crippen LogP contribution in [0, 0.1) is 0 Å². The fourth-order valence-corrected chi connectivity index (χ4v) is 1.72. The quantitative estimate of drug-likeness (QED) is 0.786. The maximum atomic E-state index is 11.9. The molecule has 2 aromatic rings. The Labute approximate surface area is 119 Å². The Balaban J connectivity index is 2.26. The third kappa shape index (κ3) is 3.27.